The smallest absolute Gasteiger partial charge is 0.165 e. The SMILES string of the molecule is c1ccc2cc3c(cc2c1)c1ccc2ccccc2c1n3-c1nc(-c2cccc3c2oc2ccccc23)nc2ccccc12. The fraction of sp³-hybridized carbons (Fsp3) is 0. The van der Waals surface area contributed by atoms with Crippen molar-refractivity contribution in [1.82, 2.24) is 14.5 Å². The van der Waals surface area contributed by atoms with Crippen LogP contribution in [0.5, 0.6) is 0 Å². The van der Waals surface area contributed by atoms with E-state index in [1.54, 1.807) is 0 Å². The predicted octanol–water partition coefficient (Wildman–Crippen LogP) is 10.6. The number of fused-ring (bicyclic) bond motifs is 10. The lowest BCUT2D eigenvalue weighted by atomic mass is 10.0. The zero-order valence-corrected chi connectivity index (χ0v) is 23.5. The molecule has 4 heteroatoms. The molecule has 0 aliphatic rings. The zero-order valence-electron chi connectivity index (χ0n) is 23.5. The number of furan rings is 1. The second kappa shape index (κ2) is 8.76. The van der Waals surface area contributed by atoms with Crippen molar-refractivity contribution >= 4 is 76.2 Å². The first-order valence-electron chi connectivity index (χ1n) is 14.8. The van der Waals surface area contributed by atoms with Crippen LogP contribution in [-0.4, -0.2) is 14.5 Å². The first kappa shape index (κ1) is 23.6. The summed E-state index contributed by atoms with van der Waals surface area (Å²) in [6.45, 7) is 0. The van der Waals surface area contributed by atoms with Crippen molar-refractivity contribution in [3.8, 4) is 17.2 Å². The van der Waals surface area contributed by atoms with Crippen molar-refractivity contribution in [2.45, 2.75) is 0 Å². The molecular weight excluding hydrogens is 538 g/mol. The van der Waals surface area contributed by atoms with Crippen LogP contribution in [-0.2, 0) is 0 Å². The third-order valence-electron chi connectivity index (χ3n) is 8.96. The van der Waals surface area contributed by atoms with E-state index in [1.807, 2.05) is 24.3 Å². The van der Waals surface area contributed by atoms with Crippen LogP contribution in [0.4, 0.5) is 0 Å². The van der Waals surface area contributed by atoms with Gasteiger partial charge in [0.25, 0.3) is 0 Å². The molecule has 204 valence electrons. The largest absolute Gasteiger partial charge is 0.455 e. The van der Waals surface area contributed by atoms with E-state index in [4.69, 9.17) is 14.4 Å². The summed E-state index contributed by atoms with van der Waals surface area (Å²) in [5.74, 6) is 1.49. The molecule has 3 aromatic heterocycles. The summed E-state index contributed by atoms with van der Waals surface area (Å²) >= 11 is 0. The maximum Gasteiger partial charge on any atom is 0.165 e. The van der Waals surface area contributed by atoms with Crippen LogP contribution >= 0.6 is 0 Å². The van der Waals surface area contributed by atoms with Crippen molar-refractivity contribution < 1.29 is 4.42 Å². The topological polar surface area (TPSA) is 43.9 Å². The van der Waals surface area contributed by atoms with E-state index in [2.05, 4.69) is 120 Å². The van der Waals surface area contributed by atoms with Crippen LogP contribution in [0.25, 0.3) is 93.4 Å². The van der Waals surface area contributed by atoms with Crippen molar-refractivity contribution in [2.75, 3.05) is 0 Å². The van der Waals surface area contributed by atoms with Crippen LogP contribution in [0.3, 0.4) is 0 Å². The van der Waals surface area contributed by atoms with Crippen molar-refractivity contribution in [1.29, 1.82) is 0 Å². The predicted molar refractivity (Wildman–Crippen MR) is 182 cm³/mol. The Morgan fingerprint density at radius 2 is 1.18 bits per heavy atom. The summed E-state index contributed by atoms with van der Waals surface area (Å²) < 4.78 is 8.79. The lowest BCUT2D eigenvalue weighted by Crippen LogP contribution is -2.03. The number of hydrogen-bond donors (Lipinski definition) is 0. The normalized spacial score (nSPS) is 12.1. The Morgan fingerprint density at radius 1 is 0.477 bits per heavy atom. The number of nitrogens with zero attached hydrogens (tertiary/aromatic N) is 3. The Hall–Kier alpha value is -6.00. The van der Waals surface area contributed by atoms with Gasteiger partial charge in [0.15, 0.2) is 5.82 Å². The Balaban J connectivity index is 1.39. The van der Waals surface area contributed by atoms with Gasteiger partial charge in [-0.3, -0.25) is 4.57 Å². The molecule has 3 heterocycles. The highest BCUT2D eigenvalue weighted by molar-refractivity contribution is 6.21. The number of rotatable bonds is 2. The van der Waals surface area contributed by atoms with Crippen molar-refractivity contribution in [3.63, 3.8) is 0 Å². The molecule has 0 spiro atoms. The molecular formula is C40H23N3O. The maximum absolute atomic E-state index is 6.44. The molecule has 10 aromatic rings. The molecule has 0 amide bonds. The monoisotopic (exact) mass is 561 g/mol. The number of hydrogen-bond acceptors (Lipinski definition) is 3. The van der Waals surface area contributed by atoms with Crippen molar-refractivity contribution in [3.05, 3.63) is 140 Å². The minimum atomic E-state index is 0.638. The van der Waals surface area contributed by atoms with Gasteiger partial charge in [-0.05, 0) is 52.6 Å². The van der Waals surface area contributed by atoms with E-state index in [1.165, 1.54) is 32.3 Å². The van der Waals surface area contributed by atoms with Gasteiger partial charge in [0.1, 0.15) is 17.0 Å². The highest BCUT2D eigenvalue weighted by Crippen LogP contribution is 2.41. The Labute approximate surface area is 251 Å². The third kappa shape index (κ3) is 3.22. The van der Waals surface area contributed by atoms with Crippen molar-refractivity contribution in [2.24, 2.45) is 0 Å². The van der Waals surface area contributed by atoms with Crippen LogP contribution in [0.1, 0.15) is 0 Å². The maximum atomic E-state index is 6.44. The highest BCUT2D eigenvalue weighted by Gasteiger charge is 2.21. The minimum Gasteiger partial charge on any atom is -0.455 e. The molecule has 44 heavy (non-hydrogen) atoms. The summed E-state index contributed by atoms with van der Waals surface area (Å²) in [6.07, 6.45) is 0. The van der Waals surface area contributed by atoms with Crippen LogP contribution in [0.2, 0.25) is 0 Å². The lowest BCUT2D eigenvalue weighted by molar-refractivity contribution is 0.669. The lowest BCUT2D eigenvalue weighted by Gasteiger charge is -2.14. The summed E-state index contributed by atoms with van der Waals surface area (Å²) in [4.78, 5) is 10.5. The molecule has 0 aliphatic carbocycles. The van der Waals surface area contributed by atoms with Crippen LogP contribution in [0, 0.1) is 0 Å². The van der Waals surface area contributed by atoms with Gasteiger partial charge in [0, 0.05) is 32.3 Å². The fourth-order valence-corrected chi connectivity index (χ4v) is 6.96. The van der Waals surface area contributed by atoms with E-state index < -0.39 is 0 Å². The zero-order chi connectivity index (χ0) is 28.8. The van der Waals surface area contributed by atoms with Gasteiger partial charge >= 0.3 is 0 Å². The summed E-state index contributed by atoms with van der Waals surface area (Å²) in [5, 5.41) is 10.3. The molecule has 0 saturated heterocycles. The summed E-state index contributed by atoms with van der Waals surface area (Å²) in [7, 11) is 0. The molecule has 0 bridgehead atoms. The number of benzene rings is 7. The number of aromatic nitrogens is 3. The average Bonchev–Trinajstić information content (AvgIpc) is 3.62. The summed E-state index contributed by atoms with van der Waals surface area (Å²) in [6, 6.07) is 49.0. The molecule has 7 aromatic carbocycles. The van der Waals surface area contributed by atoms with Gasteiger partial charge in [-0.1, -0.05) is 103 Å². The van der Waals surface area contributed by atoms with E-state index in [0.29, 0.717) is 5.82 Å². The second-order valence-electron chi connectivity index (χ2n) is 11.4. The molecule has 0 unspecified atom stereocenters. The van der Waals surface area contributed by atoms with Gasteiger partial charge in [0.2, 0.25) is 0 Å². The molecule has 10 rings (SSSR count). The third-order valence-corrected chi connectivity index (χ3v) is 8.96. The van der Waals surface area contributed by atoms with Gasteiger partial charge < -0.3 is 4.42 Å². The minimum absolute atomic E-state index is 0.638. The van der Waals surface area contributed by atoms with E-state index >= 15 is 0 Å². The summed E-state index contributed by atoms with van der Waals surface area (Å²) in [5.41, 5.74) is 5.68. The second-order valence-corrected chi connectivity index (χ2v) is 11.4. The first-order chi connectivity index (χ1) is 21.8. The quantitative estimate of drug-likeness (QED) is 0.211. The van der Waals surface area contributed by atoms with Crippen LogP contribution < -0.4 is 0 Å². The van der Waals surface area contributed by atoms with E-state index in [0.717, 1.165) is 55.3 Å². The van der Waals surface area contributed by atoms with E-state index in [-0.39, 0.29) is 0 Å². The Bertz CT molecular complexity index is 2790. The Morgan fingerprint density at radius 3 is 2.07 bits per heavy atom. The van der Waals surface area contributed by atoms with E-state index in [9.17, 15) is 0 Å². The van der Waals surface area contributed by atoms with Gasteiger partial charge in [0.05, 0.1) is 22.1 Å². The average molecular weight is 562 g/mol. The molecule has 0 atom stereocenters. The molecule has 0 N–H and O–H groups in total. The number of para-hydroxylation sites is 3. The first-order valence-corrected chi connectivity index (χ1v) is 14.8. The molecule has 0 saturated carbocycles. The van der Waals surface area contributed by atoms with Gasteiger partial charge in [-0.2, -0.15) is 0 Å². The Kier molecular flexibility index (Phi) is 4.69. The van der Waals surface area contributed by atoms with Gasteiger partial charge in [-0.15, -0.1) is 0 Å². The fourth-order valence-electron chi connectivity index (χ4n) is 6.96. The highest BCUT2D eigenvalue weighted by atomic mass is 16.3. The van der Waals surface area contributed by atoms with Crippen LogP contribution in [0.15, 0.2) is 144 Å². The molecule has 4 nitrogen and oxygen atoms in total. The molecule has 0 aliphatic heterocycles. The molecule has 0 fully saturated rings. The molecule has 0 radical (unpaired) electrons. The van der Waals surface area contributed by atoms with Gasteiger partial charge in [-0.25, -0.2) is 9.97 Å². The standard InChI is InChI=1S/C40H23N3O/c1-2-12-26-23-35-33(22-25(26)11-1)29-21-20-24-10-3-4-13-27(24)37(29)43(35)40-31-15-5-7-18-34(31)41-39(42-40)32-17-9-16-30-28-14-6-8-19-36(28)44-38(30)32/h1-23H.